The van der Waals surface area contributed by atoms with Gasteiger partial charge in [-0.1, -0.05) is 45.8 Å². The fourth-order valence-electron chi connectivity index (χ4n) is 2.98. The molecule has 0 saturated carbocycles. The molecule has 0 unspecified atom stereocenters. The molecule has 3 rings (SSSR count). The summed E-state index contributed by atoms with van der Waals surface area (Å²) in [5, 5.41) is 2.62. The van der Waals surface area contributed by atoms with Gasteiger partial charge in [-0.2, -0.15) is 0 Å². The summed E-state index contributed by atoms with van der Waals surface area (Å²) in [5.41, 5.74) is 2.70. The van der Waals surface area contributed by atoms with Crippen LogP contribution in [-0.4, -0.2) is 43.1 Å². The summed E-state index contributed by atoms with van der Waals surface area (Å²) < 4.78 is 16.3. The predicted octanol–water partition coefficient (Wildman–Crippen LogP) is 3.80. The number of rotatable bonds is 8. The second kappa shape index (κ2) is 10.3. The van der Waals surface area contributed by atoms with Gasteiger partial charge >= 0.3 is 12.0 Å². The highest BCUT2D eigenvalue weighted by atomic mass is 79.9. The van der Waals surface area contributed by atoms with E-state index in [9.17, 15) is 14.4 Å². The van der Waals surface area contributed by atoms with Crippen molar-refractivity contribution in [2.75, 3.05) is 20.3 Å². The molecule has 2 aromatic carbocycles. The van der Waals surface area contributed by atoms with Crippen molar-refractivity contribution in [3.63, 3.8) is 0 Å². The number of benzene rings is 2. The molecule has 8 nitrogen and oxygen atoms in total. The molecule has 1 aliphatic heterocycles. The molecule has 0 radical (unpaired) electrons. The second-order valence-electron chi connectivity index (χ2n) is 6.98. The zero-order valence-electron chi connectivity index (χ0n) is 17.9. The fourth-order valence-corrected chi connectivity index (χ4v) is 3.42. The maximum absolute atomic E-state index is 12.8. The van der Waals surface area contributed by atoms with Gasteiger partial charge in [0, 0.05) is 4.47 Å². The molecular formula is C23H23BrN2O6. The topological polar surface area (TPSA) is 94.2 Å². The monoisotopic (exact) mass is 502 g/mol. The minimum absolute atomic E-state index is 0.147. The van der Waals surface area contributed by atoms with Crippen LogP contribution in [0.3, 0.4) is 0 Å². The summed E-state index contributed by atoms with van der Waals surface area (Å²) in [5.74, 6) is -0.219. The van der Waals surface area contributed by atoms with Crippen molar-refractivity contribution >= 4 is 39.9 Å². The number of carbonyl (C=O) groups is 3. The first-order chi connectivity index (χ1) is 15.3. The van der Waals surface area contributed by atoms with Crippen molar-refractivity contribution in [2.24, 2.45) is 0 Å². The Balaban J connectivity index is 1.84. The van der Waals surface area contributed by atoms with Crippen LogP contribution in [0.2, 0.25) is 0 Å². The second-order valence-corrected chi connectivity index (χ2v) is 7.84. The minimum atomic E-state index is -0.525. The lowest BCUT2D eigenvalue weighted by molar-refractivity contribution is -0.143. The molecule has 1 fully saturated rings. The quantitative estimate of drug-likeness (QED) is 0.335. The number of nitrogens with zero attached hydrogens (tertiary/aromatic N) is 1. The third-order valence-electron chi connectivity index (χ3n) is 4.66. The van der Waals surface area contributed by atoms with Crippen molar-refractivity contribution in [1.82, 2.24) is 10.2 Å². The third-order valence-corrected chi connectivity index (χ3v) is 5.35. The normalized spacial score (nSPS) is 14.5. The number of ether oxygens (including phenoxy) is 3. The third kappa shape index (κ3) is 5.47. The van der Waals surface area contributed by atoms with Crippen molar-refractivity contribution in [3.05, 3.63) is 63.3 Å². The zero-order chi connectivity index (χ0) is 23.3. The van der Waals surface area contributed by atoms with Crippen LogP contribution >= 0.6 is 15.9 Å². The number of esters is 1. The van der Waals surface area contributed by atoms with Crippen LogP contribution in [0.4, 0.5) is 4.79 Å². The van der Waals surface area contributed by atoms with Gasteiger partial charge in [-0.25, -0.2) is 9.59 Å². The summed E-state index contributed by atoms with van der Waals surface area (Å²) in [7, 11) is 1.27. The van der Waals surface area contributed by atoms with E-state index in [0.717, 1.165) is 16.0 Å². The van der Waals surface area contributed by atoms with Crippen LogP contribution in [0, 0.1) is 6.92 Å². The highest BCUT2D eigenvalue weighted by molar-refractivity contribution is 9.10. The Morgan fingerprint density at radius 2 is 1.81 bits per heavy atom. The lowest BCUT2D eigenvalue weighted by atomic mass is 10.1. The Hall–Kier alpha value is -3.33. The number of methoxy groups -OCH3 is 1. The number of imide groups is 1. The zero-order valence-corrected chi connectivity index (χ0v) is 19.5. The first kappa shape index (κ1) is 23.3. The molecule has 32 heavy (non-hydrogen) atoms. The Kier molecular flexibility index (Phi) is 7.53. The fraction of sp³-hybridized carbons (Fsp3) is 0.261. The van der Waals surface area contributed by atoms with E-state index in [1.54, 1.807) is 18.2 Å². The number of amides is 3. The van der Waals surface area contributed by atoms with Gasteiger partial charge in [0.15, 0.2) is 18.1 Å². The largest absolute Gasteiger partial charge is 0.490 e. The summed E-state index contributed by atoms with van der Waals surface area (Å²) in [6.45, 7) is 4.05. The molecule has 1 aliphatic rings. The van der Waals surface area contributed by atoms with Gasteiger partial charge in [0.05, 0.1) is 20.3 Å². The van der Waals surface area contributed by atoms with Gasteiger partial charge in [-0.15, -0.1) is 0 Å². The average Bonchev–Trinajstić information content (AvgIpc) is 3.03. The van der Waals surface area contributed by atoms with Crippen LogP contribution in [-0.2, 0) is 20.9 Å². The smallest absolute Gasteiger partial charge is 0.343 e. The molecule has 2 aromatic rings. The average molecular weight is 503 g/mol. The molecule has 0 atom stereocenters. The van der Waals surface area contributed by atoms with E-state index in [4.69, 9.17) is 9.47 Å². The van der Waals surface area contributed by atoms with E-state index in [1.165, 1.54) is 7.11 Å². The Morgan fingerprint density at radius 1 is 1.12 bits per heavy atom. The van der Waals surface area contributed by atoms with E-state index in [-0.39, 0.29) is 18.8 Å². The molecule has 1 N–H and O–H groups in total. The molecule has 0 aliphatic carbocycles. The van der Waals surface area contributed by atoms with Gasteiger partial charge in [0.2, 0.25) is 0 Å². The summed E-state index contributed by atoms with van der Waals surface area (Å²) >= 11 is 3.44. The minimum Gasteiger partial charge on any atom is -0.490 e. The number of hydrogen-bond acceptors (Lipinski definition) is 6. The molecule has 9 heteroatoms. The number of carbonyl (C=O) groups excluding carboxylic acids is 3. The van der Waals surface area contributed by atoms with Crippen LogP contribution in [0.15, 0.2) is 46.6 Å². The first-order valence-electron chi connectivity index (χ1n) is 9.88. The highest BCUT2D eigenvalue weighted by Crippen LogP contribution is 2.35. The van der Waals surface area contributed by atoms with E-state index < -0.39 is 17.9 Å². The van der Waals surface area contributed by atoms with Crippen molar-refractivity contribution in [2.45, 2.75) is 20.4 Å². The van der Waals surface area contributed by atoms with Gasteiger partial charge in [-0.05, 0) is 43.2 Å². The van der Waals surface area contributed by atoms with Crippen molar-refractivity contribution < 1.29 is 28.6 Å². The van der Waals surface area contributed by atoms with E-state index >= 15 is 0 Å². The lowest BCUT2D eigenvalue weighted by Crippen LogP contribution is -2.30. The number of hydrogen-bond donors (Lipinski definition) is 1. The maximum atomic E-state index is 12.8. The molecule has 0 aromatic heterocycles. The number of nitrogens with one attached hydrogen (secondary N) is 1. The van der Waals surface area contributed by atoms with Crippen LogP contribution in [0.25, 0.3) is 6.08 Å². The van der Waals surface area contributed by atoms with E-state index in [0.29, 0.717) is 28.1 Å². The SMILES string of the molecule is CCOc1cc(/C=C2/NC(=O)N(Cc3ccc(C)cc3)C2=O)c(Br)cc1OCC(=O)OC. The molecule has 1 saturated heterocycles. The summed E-state index contributed by atoms with van der Waals surface area (Å²) in [4.78, 5) is 37.8. The summed E-state index contributed by atoms with van der Waals surface area (Å²) in [6, 6.07) is 10.4. The van der Waals surface area contributed by atoms with Crippen LogP contribution in [0.1, 0.15) is 23.6 Å². The van der Waals surface area contributed by atoms with Gasteiger partial charge in [0.25, 0.3) is 5.91 Å². The van der Waals surface area contributed by atoms with Crippen molar-refractivity contribution in [3.8, 4) is 11.5 Å². The van der Waals surface area contributed by atoms with Gasteiger partial charge in [0.1, 0.15) is 5.70 Å². The number of halogens is 1. The molecule has 1 heterocycles. The Bertz CT molecular complexity index is 1060. The van der Waals surface area contributed by atoms with Gasteiger partial charge < -0.3 is 19.5 Å². The standard InChI is InChI=1S/C23H23BrN2O6/c1-4-31-19-10-16(17(24)11-20(19)32-13-21(27)30-3)9-18-22(28)26(23(29)25-18)12-15-7-5-14(2)6-8-15/h5-11H,4,12-13H2,1-3H3,(H,25,29)/b18-9+. The highest BCUT2D eigenvalue weighted by Gasteiger charge is 2.33. The van der Waals surface area contributed by atoms with Crippen LogP contribution < -0.4 is 14.8 Å². The van der Waals surface area contributed by atoms with Crippen molar-refractivity contribution in [1.29, 1.82) is 0 Å². The molecular weight excluding hydrogens is 480 g/mol. The van der Waals surface area contributed by atoms with E-state index in [1.807, 2.05) is 38.1 Å². The predicted molar refractivity (Wildman–Crippen MR) is 121 cm³/mol. The van der Waals surface area contributed by atoms with Crippen LogP contribution in [0.5, 0.6) is 11.5 Å². The molecule has 168 valence electrons. The maximum Gasteiger partial charge on any atom is 0.343 e. The first-order valence-corrected chi connectivity index (χ1v) is 10.7. The Labute approximate surface area is 194 Å². The Morgan fingerprint density at radius 3 is 2.47 bits per heavy atom. The van der Waals surface area contributed by atoms with E-state index in [2.05, 4.69) is 26.0 Å². The molecule has 0 spiro atoms. The number of aryl methyl sites for hydroxylation is 1. The lowest BCUT2D eigenvalue weighted by Gasteiger charge is -2.13. The number of urea groups is 1. The molecule has 0 bridgehead atoms. The molecule has 3 amide bonds. The van der Waals surface area contributed by atoms with Gasteiger partial charge in [-0.3, -0.25) is 9.69 Å². The summed E-state index contributed by atoms with van der Waals surface area (Å²) in [6.07, 6.45) is 1.56.